The summed E-state index contributed by atoms with van der Waals surface area (Å²) in [5.41, 5.74) is 0. The molecule has 0 aromatic carbocycles. The van der Waals surface area contributed by atoms with Crippen LogP contribution in [0.1, 0.15) is 13.8 Å². The fourth-order valence-corrected chi connectivity index (χ4v) is 4.47. The number of esters is 1. The Labute approximate surface area is 110 Å². The first-order valence-corrected chi connectivity index (χ1v) is 7.46. The first-order chi connectivity index (χ1) is 8.19. The molecule has 94 valence electrons. The second-order valence-corrected chi connectivity index (χ2v) is 6.62. The first-order valence-electron chi connectivity index (χ1n) is 5.64. The SMILES string of the molecule is CCNC1=N[C@@H]2[CH][CH][C@H](COC(C)=O)S[C@@H]2S1. The van der Waals surface area contributed by atoms with Gasteiger partial charge in [0.2, 0.25) is 0 Å². The van der Waals surface area contributed by atoms with Crippen LogP contribution in [0.25, 0.3) is 0 Å². The molecule has 0 amide bonds. The lowest BCUT2D eigenvalue weighted by Gasteiger charge is -2.28. The molecule has 2 aliphatic rings. The summed E-state index contributed by atoms with van der Waals surface area (Å²) in [7, 11) is 0. The fourth-order valence-electron chi connectivity index (χ4n) is 1.64. The number of nitrogens with one attached hydrogen (secondary N) is 1. The molecule has 0 aromatic heterocycles. The highest BCUT2D eigenvalue weighted by molar-refractivity contribution is 8.25. The van der Waals surface area contributed by atoms with Crippen molar-refractivity contribution in [1.82, 2.24) is 5.32 Å². The molecule has 2 heterocycles. The molecule has 0 spiro atoms. The lowest BCUT2D eigenvalue weighted by molar-refractivity contribution is -0.140. The Hall–Kier alpha value is -0.360. The Balaban J connectivity index is 1.80. The van der Waals surface area contributed by atoms with Gasteiger partial charge in [-0.05, 0) is 19.8 Å². The van der Waals surface area contributed by atoms with E-state index < -0.39 is 0 Å². The smallest absolute Gasteiger partial charge is 0.302 e. The van der Waals surface area contributed by atoms with Crippen LogP contribution in [0.3, 0.4) is 0 Å². The number of hydrogen-bond donors (Lipinski definition) is 1. The van der Waals surface area contributed by atoms with Gasteiger partial charge < -0.3 is 10.1 Å². The van der Waals surface area contributed by atoms with Gasteiger partial charge in [-0.2, -0.15) is 0 Å². The van der Waals surface area contributed by atoms with Crippen LogP contribution >= 0.6 is 23.5 Å². The molecule has 4 nitrogen and oxygen atoms in total. The lowest BCUT2D eigenvalue weighted by atomic mass is 10.1. The molecule has 0 aliphatic carbocycles. The molecule has 1 saturated heterocycles. The number of ether oxygens (including phenoxy) is 1. The third-order valence-corrected chi connectivity index (χ3v) is 5.18. The zero-order valence-electron chi connectivity index (χ0n) is 9.88. The summed E-state index contributed by atoms with van der Waals surface area (Å²) in [5.74, 6) is -0.218. The van der Waals surface area contributed by atoms with E-state index in [1.54, 1.807) is 11.8 Å². The van der Waals surface area contributed by atoms with Crippen molar-refractivity contribution in [3.05, 3.63) is 12.8 Å². The van der Waals surface area contributed by atoms with Gasteiger partial charge in [0.05, 0.1) is 10.6 Å². The Morgan fingerprint density at radius 1 is 1.59 bits per heavy atom. The van der Waals surface area contributed by atoms with E-state index in [0.29, 0.717) is 11.2 Å². The minimum Gasteiger partial charge on any atom is -0.465 e. The van der Waals surface area contributed by atoms with Crippen molar-refractivity contribution in [2.45, 2.75) is 29.7 Å². The molecular formula is C11H16N2O2S2. The van der Waals surface area contributed by atoms with Gasteiger partial charge in [-0.1, -0.05) is 11.8 Å². The Morgan fingerprint density at radius 2 is 2.41 bits per heavy atom. The lowest BCUT2D eigenvalue weighted by Crippen LogP contribution is -2.29. The molecule has 17 heavy (non-hydrogen) atoms. The number of carbonyl (C=O) groups is 1. The standard InChI is InChI=1S/C11H16N2O2S2/c1-3-12-11-13-9-5-4-8(6-15-7(2)14)16-10(9)17-11/h4-5,8-10H,3,6H2,1-2H3,(H,12,13)/t8-,9-,10-/m1/s1. The summed E-state index contributed by atoms with van der Waals surface area (Å²) < 4.78 is 5.44. The Morgan fingerprint density at radius 3 is 3.12 bits per heavy atom. The zero-order chi connectivity index (χ0) is 12.3. The molecule has 1 fully saturated rings. The second kappa shape index (κ2) is 6.00. The zero-order valence-corrected chi connectivity index (χ0v) is 11.5. The van der Waals surface area contributed by atoms with Crippen molar-refractivity contribution in [2.24, 2.45) is 4.99 Å². The number of fused-ring (bicyclic) bond motifs is 1. The molecule has 6 heteroatoms. The molecule has 2 rings (SSSR count). The monoisotopic (exact) mass is 272 g/mol. The van der Waals surface area contributed by atoms with Crippen LogP contribution in [0.5, 0.6) is 0 Å². The van der Waals surface area contributed by atoms with E-state index in [1.807, 2.05) is 11.8 Å². The van der Waals surface area contributed by atoms with Crippen molar-refractivity contribution in [3.8, 4) is 0 Å². The highest BCUT2D eigenvalue weighted by Crippen LogP contribution is 2.43. The molecule has 0 unspecified atom stereocenters. The van der Waals surface area contributed by atoms with Crippen LogP contribution in [-0.2, 0) is 9.53 Å². The normalized spacial score (nSPS) is 31.6. The number of nitrogens with zero attached hydrogens (tertiary/aromatic N) is 1. The number of hydrogen-bond acceptors (Lipinski definition) is 6. The van der Waals surface area contributed by atoms with Gasteiger partial charge in [0, 0.05) is 18.7 Å². The number of carbonyl (C=O) groups excluding carboxylic acids is 1. The quantitative estimate of drug-likeness (QED) is 0.789. The second-order valence-electron chi connectivity index (χ2n) is 3.80. The minimum absolute atomic E-state index is 0.218. The topological polar surface area (TPSA) is 50.7 Å². The number of amidine groups is 1. The van der Waals surface area contributed by atoms with Crippen LogP contribution in [0.4, 0.5) is 0 Å². The summed E-state index contributed by atoms with van der Waals surface area (Å²) in [6.45, 7) is 4.86. The summed E-state index contributed by atoms with van der Waals surface area (Å²) in [6, 6.07) is 0.257. The maximum atomic E-state index is 10.8. The van der Waals surface area contributed by atoms with Crippen molar-refractivity contribution >= 4 is 34.7 Å². The molecule has 0 saturated carbocycles. The van der Waals surface area contributed by atoms with Gasteiger partial charge in [0.15, 0.2) is 5.17 Å². The van der Waals surface area contributed by atoms with Crippen LogP contribution in [-0.4, -0.2) is 40.2 Å². The number of aliphatic imine (C=N–C) groups is 1. The van der Waals surface area contributed by atoms with Gasteiger partial charge in [-0.25, -0.2) is 0 Å². The average Bonchev–Trinajstić information content (AvgIpc) is 2.68. The van der Waals surface area contributed by atoms with Crippen LogP contribution in [0.2, 0.25) is 0 Å². The maximum Gasteiger partial charge on any atom is 0.302 e. The van der Waals surface area contributed by atoms with Crippen molar-refractivity contribution in [3.63, 3.8) is 0 Å². The minimum atomic E-state index is -0.218. The van der Waals surface area contributed by atoms with Crippen LogP contribution < -0.4 is 5.32 Å². The predicted molar refractivity (Wildman–Crippen MR) is 72.9 cm³/mol. The van der Waals surface area contributed by atoms with E-state index in [2.05, 4.69) is 30.1 Å². The van der Waals surface area contributed by atoms with Gasteiger partial charge in [-0.3, -0.25) is 9.79 Å². The molecule has 2 aliphatic heterocycles. The van der Waals surface area contributed by atoms with Crippen LogP contribution in [0, 0.1) is 12.8 Å². The third-order valence-electron chi connectivity index (χ3n) is 2.38. The van der Waals surface area contributed by atoms with E-state index in [0.717, 1.165) is 11.7 Å². The third kappa shape index (κ3) is 3.55. The van der Waals surface area contributed by atoms with E-state index >= 15 is 0 Å². The fraction of sp³-hybridized carbons (Fsp3) is 0.636. The van der Waals surface area contributed by atoms with Gasteiger partial charge in [0.25, 0.3) is 0 Å². The van der Waals surface area contributed by atoms with Crippen molar-refractivity contribution < 1.29 is 9.53 Å². The van der Waals surface area contributed by atoms with Gasteiger partial charge >= 0.3 is 5.97 Å². The van der Waals surface area contributed by atoms with Gasteiger partial charge in [-0.15, -0.1) is 11.8 Å². The molecule has 0 aromatic rings. The first kappa shape index (κ1) is 13.1. The Bertz CT molecular complexity index is 323. The van der Waals surface area contributed by atoms with E-state index in [4.69, 9.17) is 4.74 Å². The van der Waals surface area contributed by atoms with Crippen molar-refractivity contribution in [1.29, 1.82) is 0 Å². The number of thioether (sulfide) groups is 2. The van der Waals surface area contributed by atoms with E-state index in [9.17, 15) is 4.79 Å². The van der Waals surface area contributed by atoms with Gasteiger partial charge in [0.1, 0.15) is 6.61 Å². The summed E-state index contributed by atoms with van der Waals surface area (Å²) in [5, 5.41) is 4.52. The summed E-state index contributed by atoms with van der Waals surface area (Å²) in [6.07, 6.45) is 4.21. The number of rotatable bonds is 3. The summed E-state index contributed by atoms with van der Waals surface area (Å²) >= 11 is 3.59. The Kier molecular flexibility index (Phi) is 4.62. The molecule has 0 bridgehead atoms. The molecule has 1 N–H and O–H groups in total. The highest BCUT2D eigenvalue weighted by Gasteiger charge is 2.37. The average molecular weight is 272 g/mol. The summed E-state index contributed by atoms with van der Waals surface area (Å²) in [4.78, 5) is 15.3. The molecular weight excluding hydrogens is 256 g/mol. The predicted octanol–water partition coefficient (Wildman–Crippen LogP) is 1.48. The largest absolute Gasteiger partial charge is 0.465 e. The maximum absolute atomic E-state index is 10.8. The van der Waals surface area contributed by atoms with E-state index in [-0.39, 0.29) is 17.3 Å². The van der Waals surface area contributed by atoms with Crippen molar-refractivity contribution in [2.75, 3.05) is 13.2 Å². The molecule has 2 radical (unpaired) electrons. The van der Waals surface area contributed by atoms with Crippen LogP contribution in [0.15, 0.2) is 4.99 Å². The molecule has 3 atom stereocenters. The highest BCUT2D eigenvalue weighted by atomic mass is 32.2. The van der Waals surface area contributed by atoms with E-state index in [1.165, 1.54) is 6.92 Å².